The summed E-state index contributed by atoms with van der Waals surface area (Å²) in [5.74, 6) is -1.21. The summed E-state index contributed by atoms with van der Waals surface area (Å²) in [7, 11) is 0. The molecular weight excluding hydrogens is 411 g/mol. The molecule has 4 atom stereocenters. The molecule has 1 aromatic carbocycles. The third-order valence-electron chi connectivity index (χ3n) is 7.30. The summed E-state index contributed by atoms with van der Waals surface area (Å²) in [6, 6.07) is 5.60. The Bertz CT molecular complexity index is 927. The van der Waals surface area contributed by atoms with Gasteiger partial charge in [-0.2, -0.15) is 0 Å². The van der Waals surface area contributed by atoms with Crippen molar-refractivity contribution >= 4 is 23.2 Å². The summed E-state index contributed by atoms with van der Waals surface area (Å²) >= 11 is 0. The molecule has 0 aliphatic carbocycles. The van der Waals surface area contributed by atoms with Gasteiger partial charge in [-0.15, -0.1) is 6.58 Å². The van der Waals surface area contributed by atoms with Gasteiger partial charge in [-0.25, -0.2) is 4.39 Å². The molecule has 7 heteroatoms. The molecule has 3 heterocycles. The Morgan fingerprint density at radius 3 is 2.72 bits per heavy atom. The van der Waals surface area contributed by atoms with Crippen molar-refractivity contribution in [2.45, 2.75) is 63.8 Å². The number of aliphatic hydroxyl groups excluding tert-OH is 1. The van der Waals surface area contributed by atoms with Crippen LogP contribution in [0.5, 0.6) is 0 Å². The van der Waals surface area contributed by atoms with Crippen LogP contribution in [0.4, 0.5) is 15.8 Å². The maximum absolute atomic E-state index is 15.4. The third-order valence-corrected chi connectivity index (χ3v) is 7.30. The number of benzene rings is 1. The molecule has 1 N–H and O–H groups in total. The van der Waals surface area contributed by atoms with Crippen LogP contribution < -0.4 is 9.80 Å². The van der Waals surface area contributed by atoms with E-state index in [2.05, 4.69) is 6.58 Å². The number of aliphatic hydroxyl groups is 1. The van der Waals surface area contributed by atoms with Crippen molar-refractivity contribution in [3.63, 3.8) is 0 Å². The highest BCUT2D eigenvalue weighted by molar-refractivity contribution is 6.08. The maximum atomic E-state index is 15.4. The molecule has 0 saturated carbocycles. The number of ether oxygens (including phenoxy) is 1. The van der Waals surface area contributed by atoms with Crippen molar-refractivity contribution in [2.75, 3.05) is 29.5 Å². The van der Waals surface area contributed by atoms with E-state index in [-0.39, 0.29) is 24.8 Å². The molecule has 0 bridgehead atoms. The van der Waals surface area contributed by atoms with Crippen LogP contribution >= 0.6 is 0 Å². The molecule has 3 aliphatic heterocycles. The smallest absolute Gasteiger partial charge is 0.264 e. The molecule has 1 aromatic rings. The Balaban J connectivity index is 1.86. The molecule has 2 fully saturated rings. The monoisotopic (exact) mass is 444 g/mol. The fourth-order valence-electron chi connectivity index (χ4n) is 5.99. The second-order valence-electron chi connectivity index (χ2n) is 9.69. The number of amides is 2. The number of rotatable bonds is 6. The molecule has 2 amide bonds. The largest absolute Gasteiger partial charge is 0.396 e. The van der Waals surface area contributed by atoms with Crippen LogP contribution in [-0.4, -0.2) is 48.4 Å². The number of piperidine rings is 1. The summed E-state index contributed by atoms with van der Waals surface area (Å²) in [6.45, 7) is 9.45. The fourth-order valence-corrected chi connectivity index (χ4v) is 5.99. The van der Waals surface area contributed by atoms with E-state index in [1.165, 1.54) is 13.8 Å². The number of carbonyl (C=O) groups is 2. The maximum Gasteiger partial charge on any atom is 0.264 e. The minimum atomic E-state index is -1.60. The lowest BCUT2D eigenvalue weighted by Gasteiger charge is -2.33. The molecule has 174 valence electrons. The Morgan fingerprint density at radius 1 is 1.34 bits per heavy atom. The number of carbonyl (C=O) groups excluding carboxylic acids is 2. The second-order valence-corrected chi connectivity index (χ2v) is 9.69. The van der Waals surface area contributed by atoms with Gasteiger partial charge in [0, 0.05) is 49.2 Å². The van der Waals surface area contributed by atoms with E-state index in [1.54, 1.807) is 15.9 Å². The van der Waals surface area contributed by atoms with Gasteiger partial charge in [0.2, 0.25) is 5.91 Å². The van der Waals surface area contributed by atoms with Crippen molar-refractivity contribution in [1.82, 2.24) is 0 Å². The lowest BCUT2D eigenvalue weighted by molar-refractivity contribution is -0.146. The molecule has 0 aromatic heterocycles. The zero-order valence-electron chi connectivity index (χ0n) is 19.1. The van der Waals surface area contributed by atoms with Crippen molar-refractivity contribution in [1.29, 1.82) is 0 Å². The van der Waals surface area contributed by atoms with E-state index in [4.69, 9.17) is 4.74 Å². The van der Waals surface area contributed by atoms with Gasteiger partial charge in [0.15, 0.2) is 5.60 Å². The summed E-state index contributed by atoms with van der Waals surface area (Å²) < 4.78 is 21.8. The average molecular weight is 445 g/mol. The van der Waals surface area contributed by atoms with E-state index in [0.717, 1.165) is 18.5 Å². The minimum Gasteiger partial charge on any atom is -0.396 e. The minimum absolute atomic E-state index is 0.0684. The van der Waals surface area contributed by atoms with Crippen LogP contribution in [0.25, 0.3) is 0 Å². The van der Waals surface area contributed by atoms with E-state index in [9.17, 15) is 14.7 Å². The average Bonchev–Trinajstić information content (AvgIpc) is 3.16. The molecule has 3 aliphatic rings. The third kappa shape index (κ3) is 3.37. The van der Waals surface area contributed by atoms with Gasteiger partial charge in [-0.05, 0) is 51.3 Å². The standard InChI is InChI=1S/C25H33FN2O4/c1-5-12-28-19-10-9-17(27-13-7-6-8-21(27)30)15-18(19)25(23(28)31)16(2)22(24(3,4)26)20(32-25)11-14-29/h5,9-10,15-16,20,22,29H,1,6-8,11-14H2,2-4H3/t16-,20+,22-,25+/m1/s1. The zero-order chi connectivity index (χ0) is 23.3. The Morgan fingerprint density at radius 2 is 2.09 bits per heavy atom. The Hall–Kier alpha value is -2.25. The van der Waals surface area contributed by atoms with Crippen molar-refractivity contribution in [3.8, 4) is 0 Å². The Labute approximate surface area is 189 Å². The second kappa shape index (κ2) is 8.27. The predicted octanol–water partition coefficient (Wildman–Crippen LogP) is 3.71. The van der Waals surface area contributed by atoms with E-state index in [0.29, 0.717) is 30.8 Å². The fraction of sp³-hybridized carbons (Fsp3) is 0.600. The van der Waals surface area contributed by atoms with Crippen LogP contribution in [-0.2, 0) is 19.9 Å². The van der Waals surface area contributed by atoms with Crippen LogP contribution in [0.3, 0.4) is 0 Å². The van der Waals surface area contributed by atoms with Crippen molar-refractivity contribution < 1.29 is 23.8 Å². The first-order chi connectivity index (χ1) is 15.2. The number of halogens is 1. The normalized spacial score (nSPS) is 30.3. The first-order valence-electron chi connectivity index (χ1n) is 11.5. The summed E-state index contributed by atoms with van der Waals surface area (Å²) in [5.41, 5.74) is -0.854. The highest BCUT2D eigenvalue weighted by atomic mass is 19.1. The quantitative estimate of drug-likeness (QED) is 0.679. The van der Waals surface area contributed by atoms with Crippen molar-refractivity contribution in [2.24, 2.45) is 11.8 Å². The van der Waals surface area contributed by atoms with E-state index >= 15 is 4.39 Å². The molecular formula is C25H33FN2O4. The number of anilines is 2. The number of nitrogens with zero attached hydrogens (tertiary/aromatic N) is 2. The van der Waals surface area contributed by atoms with Gasteiger partial charge in [0.05, 0.1) is 11.8 Å². The summed E-state index contributed by atoms with van der Waals surface area (Å²) in [5, 5.41) is 9.61. The number of fused-ring (bicyclic) bond motifs is 2. The van der Waals surface area contributed by atoms with Gasteiger partial charge < -0.3 is 19.6 Å². The molecule has 2 saturated heterocycles. The first kappa shape index (κ1) is 22.9. The SMILES string of the molecule is C=CCN1C(=O)[C@@]2(O[C@@H](CCO)[C@H](C(C)(C)F)[C@H]2C)c2cc(N3CCCCC3=O)ccc21. The highest BCUT2D eigenvalue weighted by Gasteiger charge is 2.66. The molecule has 0 radical (unpaired) electrons. The molecule has 4 rings (SSSR count). The highest BCUT2D eigenvalue weighted by Crippen LogP contribution is 2.58. The van der Waals surface area contributed by atoms with Crippen molar-refractivity contribution in [3.05, 3.63) is 36.4 Å². The summed E-state index contributed by atoms with van der Waals surface area (Å²) in [4.78, 5) is 29.8. The van der Waals surface area contributed by atoms with Gasteiger partial charge >= 0.3 is 0 Å². The van der Waals surface area contributed by atoms with E-state index < -0.39 is 29.2 Å². The van der Waals surface area contributed by atoms with Crippen LogP contribution in [0.1, 0.15) is 52.0 Å². The van der Waals surface area contributed by atoms with Crippen LogP contribution in [0.2, 0.25) is 0 Å². The molecule has 0 unspecified atom stereocenters. The van der Waals surface area contributed by atoms with Crippen LogP contribution in [0.15, 0.2) is 30.9 Å². The number of alkyl halides is 1. The predicted molar refractivity (Wildman–Crippen MR) is 121 cm³/mol. The molecule has 6 nitrogen and oxygen atoms in total. The number of hydrogen-bond acceptors (Lipinski definition) is 4. The first-order valence-corrected chi connectivity index (χ1v) is 11.5. The molecule has 1 spiro atoms. The van der Waals surface area contributed by atoms with Gasteiger partial charge in [0.25, 0.3) is 5.91 Å². The topological polar surface area (TPSA) is 70.1 Å². The van der Waals surface area contributed by atoms with Gasteiger partial charge in [-0.3, -0.25) is 9.59 Å². The zero-order valence-corrected chi connectivity index (χ0v) is 19.1. The summed E-state index contributed by atoms with van der Waals surface area (Å²) in [6.07, 6.45) is 3.62. The van der Waals surface area contributed by atoms with E-state index in [1.807, 2.05) is 25.1 Å². The van der Waals surface area contributed by atoms with Gasteiger partial charge in [0.1, 0.15) is 5.67 Å². The number of hydrogen-bond donors (Lipinski definition) is 1. The lowest BCUT2D eigenvalue weighted by Crippen LogP contribution is -2.45. The lowest BCUT2D eigenvalue weighted by atomic mass is 9.71. The van der Waals surface area contributed by atoms with Crippen LogP contribution in [0, 0.1) is 11.8 Å². The Kier molecular flexibility index (Phi) is 5.92. The molecule has 32 heavy (non-hydrogen) atoms. The van der Waals surface area contributed by atoms with Gasteiger partial charge in [-0.1, -0.05) is 13.0 Å².